The Kier molecular flexibility index (Phi) is 4.99. The van der Waals surface area contributed by atoms with E-state index in [4.69, 9.17) is 21.4 Å². The molecule has 104 valence electrons. The third-order valence-electron chi connectivity index (χ3n) is 3.19. The van der Waals surface area contributed by atoms with E-state index in [-0.39, 0.29) is 5.56 Å². The number of carboxylic acids is 1. The largest absolute Gasteiger partial charge is 0.478 e. The highest BCUT2D eigenvalue weighted by Crippen LogP contribution is 2.21. The number of nitrogens with one attached hydrogen (secondary N) is 1. The summed E-state index contributed by atoms with van der Waals surface area (Å²) in [5.41, 5.74) is 0.0937. The fourth-order valence-corrected chi connectivity index (χ4v) is 2.35. The van der Waals surface area contributed by atoms with Gasteiger partial charge in [0.2, 0.25) is 0 Å². The van der Waals surface area contributed by atoms with Crippen molar-refractivity contribution in [1.82, 2.24) is 4.98 Å². The van der Waals surface area contributed by atoms with E-state index in [0.29, 0.717) is 16.8 Å². The zero-order valence-electron chi connectivity index (χ0n) is 10.6. The van der Waals surface area contributed by atoms with Crippen LogP contribution in [0.3, 0.4) is 0 Å². The van der Waals surface area contributed by atoms with Gasteiger partial charge in [-0.25, -0.2) is 9.78 Å². The molecule has 1 aliphatic heterocycles. The molecule has 0 unspecified atom stereocenters. The second kappa shape index (κ2) is 6.73. The molecule has 2 N–H and O–H groups in total. The lowest BCUT2D eigenvalue weighted by Crippen LogP contribution is -2.20. The maximum atomic E-state index is 10.8. The number of rotatable bonds is 5. The Balaban J connectivity index is 1.83. The van der Waals surface area contributed by atoms with E-state index >= 15 is 0 Å². The van der Waals surface area contributed by atoms with Crippen molar-refractivity contribution in [3.05, 3.63) is 22.8 Å². The Bertz CT molecular complexity index is 448. The first-order chi connectivity index (χ1) is 9.16. The Morgan fingerprint density at radius 3 is 3.11 bits per heavy atom. The molecule has 0 aliphatic carbocycles. The Morgan fingerprint density at radius 1 is 1.63 bits per heavy atom. The van der Waals surface area contributed by atoms with Crippen molar-refractivity contribution in [1.29, 1.82) is 0 Å². The summed E-state index contributed by atoms with van der Waals surface area (Å²) >= 11 is 5.98. The van der Waals surface area contributed by atoms with Gasteiger partial charge < -0.3 is 15.2 Å². The molecular weight excluding hydrogens is 268 g/mol. The minimum atomic E-state index is -1.03. The molecule has 1 fully saturated rings. The van der Waals surface area contributed by atoms with Crippen LogP contribution in [0, 0.1) is 5.92 Å². The summed E-state index contributed by atoms with van der Waals surface area (Å²) in [5.74, 6) is 0.0852. The minimum Gasteiger partial charge on any atom is -0.478 e. The standard InChI is InChI=1S/C13H17ClN2O3/c14-11-6-10(13(17)18)7-16-12(11)15-4-3-9-2-1-5-19-8-9/h6-7,9H,1-5,8H2,(H,15,16)(H,17,18)/t9-/m0/s1. The number of hydrogen-bond acceptors (Lipinski definition) is 4. The van der Waals surface area contributed by atoms with Gasteiger partial charge in [-0.05, 0) is 31.2 Å². The Morgan fingerprint density at radius 2 is 2.47 bits per heavy atom. The highest BCUT2D eigenvalue weighted by Gasteiger charge is 2.14. The summed E-state index contributed by atoms with van der Waals surface area (Å²) in [6, 6.07) is 1.41. The van der Waals surface area contributed by atoms with Gasteiger partial charge in [0.1, 0.15) is 5.82 Å². The van der Waals surface area contributed by atoms with Crippen LogP contribution in [0.4, 0.5) is 5.82 Å². The summed E-state index contributed by atoms with van der Waals surface area (Å²) in [4.78, 5) is 14.8. The summed E-state index contributed by atoms with van der Waals surface area (Å²) in [6.07, 6.45) is 4.62. The number of aromatic nitrogens is 1. The summed E-state index contributed by atoms with van der Waals surface area (Å²) in [7, 11) is 0. The molecule has 5 nitrogen and oxygen atoms in total. The second-order valence-electron chi connectivity index (χ2n) is 4.66. The number of halogens is 1. The molecule has 0 aromatic carbocycles. The molecule has 19 heavy (non-hydrogen) atoms. The third kappa shape index (κ3) is 4.08. The lowest BCUT2D eigenvalue weighted by molar-refractivity contribution is 0.0530. The molecule has 1 aromatic rings. The van der Waals surface area contributed by atoms with E-state index in [1.54, 1.807) is 0 Å². The van der Waals surface area contributed by atoms with E-state index in [2.05, 4.69) is 10.3 Å². The fraction of sp³-hybridized carbons (Fsp3) is 0.538. The van der Waals surface area contributed by atoms with E-state index < -0.39 is 5.97 Å². The fourth-order valence-electron chi connectivity index (χ4n) is 2.11. The van der Waals surface area contributed by atoms with Crippen LogP contribution in [-0.2, 0) is 4.74 Å². The van der Waals surface area contributed by atoms with Crippen molar-refractivity contribution in [3.63, 3.8) is 0 Å². The van der Waals surface area contributed by atoms with Gasteiger partial charge in [-0.15, -0.1) is 0 Å². The number of anilines is 1. The van der Waals surface area contributed by atoms with Crippen LogP contribution in [0.15, 0.2) is 12.3 Å². The number of aromatic carboxylic acids is 1. The average molecular weight is 285 g/mol. The number of ether oxygens (including phenoxy) is 1. The normalized spacial score (nSPS) is 19.1. The Labute approximate surface area is 116 Å². The first-order valence-corrected chi connectivity index (χ1v) is 6.75. The monoisotopic (exact) mass is 284 g/mol. The smallest absolute Gasteiger partial charge is 0.337 e. The van der Waals surface area contributed by atoms with Crippen molar-refractivity contribution in [2.24, 2.45) is 5.92 Å². The highest BCUT2D eigenvalue weighted by atomic mass is 35.5. The molecule has 1 aliphatic rings. The van der Waals surface area contributed by atoms with E-state index in [9.17, 15) is 4.79 Å². The molecule has 0 amide bonds. The molecule has 1 atom stereocenters. The number of pyridine rings is 1. The first kappa shape index (κ1) is 14.1. The molecule has 0 spiro atoms. The predicted molar refractivity (Wildman–Crippen MR) is 72.9 cm³/mol. The molecular formula is C13H17ClN2O3. The van der Waals surface area contributed by atoms with Crippen molar-refractivity contribution in [3.8, 4) is 0 Å². The van der Waals surface area contributed by atoms with Gasteiger partial charge in [0.05, 0.1) is 10.6 Å². The Hall–Kier alpha value is -1.33. The minimum absolute atomic E-state index is 0.0937. The molecule has 0 bridgehead atoms. The number of carbonyl (C=O) groups is 1. The van der Waals surface area contributed by atoms with Crippen molar-refractivity contribution >= 4 is 23.4 Å². The van der Waals surface area contributed by atoms with Crippen LogP contribution >= 0.6 is 11.6 Å². The maximum absolute atomic E-state index is 10.8. The topological polar surface area (TPSA) is 71.5 Å². The second-order valence-corrected chi connectivity index (χ2v) is 5.07. The van der Waals surface area contributed by atoms with E-state index in [0.717, 1.165) is 32.6 Å². The van der Waals surface area contributed by atoms with Gasteiger partial charge in [0.25, 0.3) is 0 Å². The van der Waals surface area contributed by atoms with Gasteiger partial charge in [-0.3, -0.25) is 0 Å². The molecule has 6 heteroatoms. The third-order valence-corrected chi connectivity index (χ3v) is 3.48. The van der Waals surface area contributed by atoms with Crippen LogP contribution in [0.25, 0.3) is 0 Å². The van der Waals surface area contributed by atoms with Crippen molar-refractivity contribution in [2.75, 3.05) is 25.1 Å². The SMILES string of the molecule is O=C(O)c1cnc(NCC[C@@H]2CCCOC2)c(Cl)c1. The van der Waals surface area contributed by atoms with Crippen LogP contribution in [0.1, 0.15) is 29.6 Å². The van der Waals surface area contributed by atoms with Crippen molar-refractivity contribution in [2.45, 2.75) is 19.3 Å². The van der Waals surface area contributed by atoms with Crippen LogP contribution in [-0.4, -0.2) is 35.8 Å². The van der Waals surface area contributed by atoms with E-state index in [1.165, 1.54) is 18.7 Å². The van der Waals surface area contributed by atoms with Gasteiger partial charge in [0, 0.05) is 26.0 Å². The molecule has 0 radical (unpaired) electrons. The first-order valence-electron chi connectivity index (χ1n) is 6.37. The predicted octanol–water partition coefficient (Wildman–Crippen LogP) is 2.66. The van der Waals surface area contributed by atoms with Crippen LogP contribution in [0.2, 0.25) is 5.02 Å². The molecule has 1 aromatic heterocycles. The highest BCUT2D eigenvalue weighted by molar-refractivity contribution is 6.33. The summed E-state index contributed by atoms with van der Waals surface area (Å²) in [6.45, 7) is 2.45. The lowest BCUT2D eigenvalue weighted by atomic mass is 9.99. The van der Waals surface area contributed by atoms with Gasteiger partial charge in [0.15, 0.2) is 0 Å². The number of nitrogens with zero attached hydrogens (tertiary/aromatic N) is 1. The van der Waals surface area contributed by atoms with Crippen LogP contribution < -0.4 is 5.32 Å². The zero-order chi connectivity index (χ0) is 13.7. The molecule has 2 rings (SSSR count). The quantitative estimate of drug-likeness (QED) is 0.870. The van der Waals surface area contributed by atoms with Gasteiger partial charge in [-0.1, -0.05) is 11.6 Å². The molecule has 0 saturated carbocycles. The number of carboxylic acid groups (broad SMARTS) is 1. The lowest BCUT2D eigenvalue weighted by Gasteiger charge is -2.22. The van der Waals surface area contributed by atoms with E-state index in [1.807, 2.05) is 0 Å². The van der Waals surface area contributed by atoms with Crippen LogP contribution in [0.5, 0.6) is 0 Å². The van der Waals surface area contributed by atoms with Gasteiger partial charge in [-0.2, -0.15) is 0 Å². The summed E-state index contributed by atoms with van der Waals surface area (Å²) in [5, 5.41) is 12.3. The van der Waals surface area contributed by atoms with Gasteiger partial charge >= 0.3 is 5.97 Å². The molecule has 2 heterocycles. The summed E-state index contributed by atoms with van der Waals surface area (Å²) < 4.78 is 5.42. The maximum Gasteiger partial charge on any atom is 0.337 e. The average Bonchev–Trinajstić information content (AvgIpc) is 2.41. The van der Waals surface area contributed by atoms with Crippen molar-refractivity contribution < 1.29 is 14.6 Å². The molecule has 1 saturated heterocycles. The zero-order valence-corrected chi connectivity index (χ0v) is 11.3. The number of hydrogen-bond donors (Lipinski definition) is 2.